The predicted molar refractivity (Wildman–Crippen MR) is 54.6 cm³/mol. The molecule has 2 N–H and O–H groups in total. The number of aliphatic hydroxyl groups excluding tert-OH is 1. The number of aliphatic hydroxyl groups is 1. The summed E-state index contributed by atoms with van der Waals surface area (Å²) in [5.74, 6) is -0.642. The number of phenols is 1. The van der Waals surface area contributed by atoms with Gasteiger partial charge in [-0.15, -0.1) is 0 Å². The molecule has 0 amide bonds. The molecule has 1 aromatic rings. The highest BCUT2D eigenvalue weighted by atomic mass is 16.5. The fourth-order valence-electron chi connectivity index (χ4n) is 1.39. The molecule has 0 saturated heterocycles. The maximum absolute atomic E-state index is 11.1. The van der Waals surface area contributed by atoms with Gasteiger partial charge in [0.25, 0.3) is 0 Å². The second-order valence-electron chi connectivity index (χ2n) is 3.37. The smallest absolute Gasteiger partial charge is 0.339 e. The lowest BCUT2D eigenvalue weighted by molar-refractivity contribution is -0.150. The van der Waals surface area contributed by atoms with E-state index in [1.54, 1.807) is 26.0 Å². The first-order valence-electron chi connectivity index (χ1n) is 4.54. The average molecular weight is 210 g/mol. The molecule has 1 aromatic carbocycles. The van der Waals surface area contributed by atoms with Gasteiger partial charge in [-0.05, 0) is 30.5 Å². The SMILES string of the molecule is COC(=O)C(O)c1ccc(C)c(O)c1C. The minimum atomic E-state index is -1.35. The summed E-state index contributed by atoms with van der Waals surface area (Å²) in [5.41, 5.74) is 1.56. The molecule has 1 unspecified atom stereocenters. The van der Waals surface area contributed by atoms with Crippen LogP contribution >= 0.6 is 0 Å². The Balaban J connectivity index is 3.16. The van der Waals surface area contributed by atoms with E-state index in [4.69, 9.17) is 0 Å². The normalized spacial score (nSPS) is 12.3. The van der Waals surface area contributed by atoms with Crippen LogP contribution < -0.4 is 0 Å². The molecule has 1 atom stereocenters. The van der Waals surface area contributed by atoms with E-state index in [9.17, 15) is 15.0 Å². The van der Waals surface area contributed by atoms with Crippen LogP contribution in [0.15, 0.2) is 12.1 Å². The second-order valence-corrected chi connectivity index (χ2v) is 3.37. The molecule has 0 fully saturated rings. The Labute approximate surface area is 88.1 Å². The van der Waals surface area contributed by atoms with Gasteiger partial charge in [0, 0.05) is 0 Å². The molecule has 0 heterocycles. The quantitative estimate of drug-likeness (QED) is 0.720. The Kier molecular flexibility index (Phi) is 3.31. The van der Waals surface area contributed by atoms with Gasteiger partial charge in [-0.25, -0.2) is 4.79 Å². The summed E-state index contributed by atoms with van der Waals surface area (Å²) in [7, 11) is 1.20. The van der Waals surface area contributed by atoms with Crippen molar-refractivity contribution in [1.29, 1.82) is 0 Å². The van der Waals surface area contributed by atoms with E-state index < -0.39 is 12.1 Å². The zero-order chi connectivity index (χ0) is 11.6. The highest BCUT2D eigenvalue weighted by molar-refractivity contribution is 5.77. The molecule has 0 bridgehead atoms. The van der Waals surface area contributed by atoms with Gasteiger partial charge in [0.05, 0.1) is 7.11 Å². The summed E-state index contributed by atoms with van der Waals surface area (Å²) in [4.78, 5) is 11.1. The zero-order valence-corrected chi connectivity index (χ0v) is 8.94. The van der Waals surface area contributed by atoms with Crippen molar-refractivity contribution < 1.29 is 19.7 Å². The summed E-state index contributed by atoms with van der Waals surface area (Å²) in [5, 5.41) is 19.2. The molecule has 0 aromatic heterocycles. The fourth-order valence-corrected chi connectivity index (χ4v) is 1.39. The van der Waals surface area contributed by atoms with Crippen LogP contribution in [0, 0.1) is 13.8 Å². The number of hydrogen-bond acceptors (Lipinski definition) is 4. The number of carbonyl (C=O) groups is 1. The first-order chi connectivity index (χ1) is 6.99. The third-order valence-corrected chi connectivity index (χ3v) is 2.39. The molecule has 15 heavy (non-hydrogen) atoms. The molecule has 4 nitrogen and oxygen atoms in total. The van der Waals surface area contributed by atoms with Crippen molar-refractivity contribution in [3.05, 3.63) is 28.8 Å². The van der Waals surface area contributed by atoms with Crippen molar-refractivity contribution in [2.75, 3.05) is 7.11 Å². The number of methoxy groups -OCH3 is 1. The van der Waals surface area contributed by atoms with Crippen LogP contribution in [-0.4, -0.2) is 23.3 Å². The van der Waals surface area contributed by atoms with E-state index in [1.165, 1.54) is 7.11 Å². The summed E-state index contributed by atoms with van der Waals surface area (Å²) in [6.07, 6.45) is -1.35. The van der Waals surface area contributed by atoms with Crippen LogP contribution in [0.3, 0.4) is 0 Å². The van der Waals surface area contributed by atoms with E-state index >= 15 is 0 Å². The number of phenolic OH excluding ortho intramolecular Hbond substituents is 1. The van der Waals surface area contributed by atoms with E-state index in [0.29, 0.717) is 16.7 Å². The predicted octanol–water partition coefficient (Wildman–Crippen LogP) is 1.22. The van der Waals surface area contributed by atoms with Crippen molar-refractivity contribution in [2.24, 2.45) is 0 Å². The third-order valence-electron chi connectivity index (χ3n) is 2.39. The highest BCUT2D eigenvalue weighted by Crippen LogP contribution is 2.28. The van der Waals surface area contributed by atoms with Crippen molar-refractivity contribution in [3.8, 4) is 5.75 Å². The number of hydrogen-bond donors (Lipinski definition) is 2. The van der Waals surface area contributed by atoms with Gasteiger partial charge < -0.3 is 14.9 Å². The summed E-state index contributed by atoms with van der Waals surface area (Å²) < 4.78 is 4.42. The number of aromatic hydroxyl groups is 1. The second kappa shape index (κ2) is 4.31. The van der Waals surface area contributed by atoms with E-state index in [2.05, 4.69) is 4.74 Å². The third kappa shape index (κ3) is 2.10. The van der Waals surface area contributed by atoms with Gasteiger partial charge in [-0.3, -0.25) is 0 Å². The van der Waals surface area contributed by atoms with Crippen molar-refractivity contribution in [2.45, 2.75) is 20.0 Å². The van der Waals surface area contributed by atoms with Gasteiger partial charge >= 0.3 is 5.97 Å². The molecule has 1 rings (SSSR count). The zero-order valence-electron chi connectivity index (χ0n) is 8.94. The molecule has 4 heteroatoms. The van der Waals surface area contributed by atoms with Gasteiger partial charge in [-0.1, -0.05) is 12.1 Å². The van der Waals surface area contributed by atoms with Gasteiger partial charge in [-0.2, -0.15) is 0 Å². The van der Waals surface area contributed by atoms with Gasteiger partial charge in [0.1, 0.15) is 5.75 Å². The van der Waals surface area contributed by atoms with Crippen molar-refractivity contribution >= 4 is 5.97 Å². The molecular weight excluding hydrogens is 196 g/mol. The Morgan fingerprint density at radius 3 is 2.53 bits per heavy atom. The highest BCUT2D eigenvalue weighted by Gasteiger charge is 2.21. The topological polar surface area (TPSA) is 66.8 Å². The monoisotopic (exact) mass is 210 g/mol. The van der Waals surface area contributed by atoms with Crippen LogP contribution in [0.25, 0.3) is 0 Å². The Morgan fingerprint density at radius 1 is 1.40 bits per heavy atom. The minimum absolute atomic E-state index is 0.0930. The van der Waals surface area contributed by atoms with Crippen LogP contribution in [-0.2, 0) is 9.53 Å². The lowest BCUT2D eigenvalue weighted by atomic mass is 10.00. The average Bonchev–Trinajstić information content (AvgIpc) is 2.24. The Morgan fingerprint density at radius 2 is 2.00 bits per heavy atom. The molecule has 0 radical (unpaired) electrons. The van der Waals surface area contributed by atoms with Crippen LogP contribution in [0.5, 0.6) is 5.75 Å². The fraction of sp³-hybridized carbons (Fsp3) is 0.364. The first-order valence-corrected chi connectivity index (χ1v) is 4.54. The molecular formula is C11H14O4. The lowest BCUT2D eigenvalue weighted by Crippen LogP contribution is -2.14. The summed E-state index contributed by atoms with van der Waals surface area (Å²) in [6.45, 7) is 3.39. The maximum Gasteiger partial charge on any atom is 0.339 e. The van der Waals surface area contributed by atoms with Crippen LogP contribution in [0.2, 0.25) is 0 Å². The van der Waals surface area contributed by atoms with E-state index in [1.807, 2.05) is 0 Å². The minimum Gasteiger partial charge on any atom is -0.507 e. The molecule has 0 saturated carbocycles. The lowest BCUT2D eigenvalue weighted by Gasteiger charge is -2.13. The van der Waals surface area contributed by atoms with Gasteiger partial charge in [0.15, 0.2) is 6.10 Å². The van der Waals surface area contributed by atoms with Crippen LogP contribution in [0.1, 0.15) is 22.8 Å². The molecule has 0 spiro atoms. The Hall–Kier alpha value is -1.55. The summed E-state index contributed by atoms with van der Waals surface area (Å²) >= 11 is 0. The maximum atomic E-state index is 11.1. The summed E-state index contributed by atoms with van der Waals surface area (Å²) in [6, 6.07) is 3.25. The number of aryl methyl sites for hydroxylation is 1. The van der Waals surface area contributed by atoms with Crippen LogP contribution in [0.4, 0.5) is 0 Å². The number of carbonyl (C=O) groups excluding carboxylic acids is 1. The molecule has 0 aliphatic rings. The van der Waals surface area contributed by atoms with Gasteiger partial charge in [0.2, 0.25) is 0 Å². The number of esters is 1. The van der Waals surface area contributed by atoms with E-state index in [0.717, 1.165) is 0 Å². The molecule has 0 aliphatic carbocycles. The van der Waals surface area contributed by atoms with E-state index in [-0.39, 0.29) is 5.75 Å². The largest absolute Gasteiger partial charge is 0.507 e. The molecule has 82 valence electrons. The van der Waals surface area contributed by atoms with Crippen molar-refractivity contribution in [3.63, 3.8) is 0 Å². The first kappa shape index (κ1) is 11.5. The molecule has 0 aliphatic heterocycles. The van der Waals surface area contributed by atoms with Crippen molar-refractivity contribution in [1.82, 2.24) is 0 Å². The number of rotatable bonds is 2. The number of ether oxygens (including phenoxy) is 1. The Bertz CT molecular complexity index is 384. The standard InChI is InChI=1S/C11H14O4/c1-6-4-5-8(7(2)9(6)12)10(13)11(14)15-3/h4-5,10,12-13H,1-3H3. The number of benzene rings is 1.